The van der Waals surface area contributed by atoms with Gasteiger partial charge in [-0.15, -0.1) is 0 Å². The van der Waals surface area contributed by atoms with Crippen LogP contribution in [-0.2, 0) is 5.54 Å². The minimum absolute atomic E-state index is 0.0858. The van der Waals surface area contributed by atoms with Crippen molar-refractivity contribution in [2.24, 2.45) is 11.7 Å². The molecule has 0 bridgehead atoms. The third-order valence-corrected chi connectivity index (χ3v) is 3.82. The number of hydrogen-bond donors (Lipinski definition) is 1. The van der Waals surface area contributed by atoms with Gasteiger partial charge in [-0.3, -0.25) is 0 Å². The molecule has 2 rings (SSSR count). The maximum absolute atomic E-state index is 13.9. The van der Waals surface area contributed by atoms with Gasteiger partial charge in [0.25, 0.3) is 0 Å². The number of benzene rings is 1. The fourth-order valence-corrected chi connectivity index (χ4v) is 2.10. The molecule has 88 valence electrons. The second kappa shape index (κ2) is 3.85. The molecule has 1 aromatic carbocycles. The first-order valence-electron chi connectivity index (χ1n) is 6.02. The Balaban J connectivity index is 2.51. The van der Waals surface area contributed by atoms with Crippen LogP contribution in [0.2, 0.25) is 0 Å². The van der Waals surface area contributed by atoms with Crippen LogP contribution in [0.5, 0.6) is 0 Å². The molecule has 0 aliphatic heterocycles. The van der Waals surface area contributed by atoms with E-state index in [0.29, 0.717) is 11.8 Å². The number of rotatable bonds is 3. The summed E-state index contributed by atoms with van der Waals surface area (Å²) < 4.78 is 13.9. The molecule has 1 aromatic rings. The van der Waals surface area contributed by atoms with Gasteiger partial charge in [0.05, 0.1) is 0 Å². The van der Waals surface area contributed by atoms with Crippen molar-refractivity contribution >= 4 is 0 Å². The van der Waals surface area contributed by atoms with Crippen LogP contribution >= 0.6 is 0 Å². The summed E-state index contributed by atoms with van der Waals surface area (Å²) in [6, 6.07) is 5.30. The first-order valence-corrected chi connectivity index (χ1v) is 6.02. The Hall–Kier alpha value is -0.890. The molecule has 1 atom stereocenters. The third kappa shape index (κ3) is 1.86. The number of halogens is 1. The van der Waals surface area contributed by atoms with Crippen molar-refractivity contribution in [3.05, 3.63) is 35.1 Å². The van der Waals surface area contributed by atoms with Gasteiger partial charge in [0.1, 0.15) is 5.82 Å². The molecule has 16 heavy (non-hydrogen) atoms. The van der Waals surface area contributed by atoms with E-state index in [9.17, 15) is 4.39 Å². The molecular formula is C14H20FN. The molecule has 0 spiro atoms. The SMILES string of the molecule is CC(C)C(C)(N)c1cccc(F)c1C1CC1. The highest BCUT2D eigenvalue weighted by molar-refractivity contribution is 5.39. The quantitative estimate of drug-likeness (QED) is 0.830. The molecule has 1 saturated carbocycles. The Morgan fingerprint density at radius 1 is 1.38 bits per heavy atom. The lowest BCUT2D eigenvalue weighted by molar-refractivity contribution is 0.346. The van der Waals surface area contributed by atoms with Crippen LogP contribution in [0.15, 0.2) is 18.2 Å². The van der Waals surface area contributed by atoms with Crippen molar-refractivity contribution in [1.29, 1.82) is 0 Å². The van der Waals surface area contributed by atoms with Gasteiger partial charge in [-0.05, 0) is 48.8 Å². The monoisotopic (exact) mass is 221 g/mol. The molecule has 1 aliphatic rings. The van der Waals surface area contributed by atoms with Crippen LogP contribution in [0, 0.1) is 11.7 Å². The zero-order valence-electron chi connectivity index (χ0n) is 10.3. The summed E-state index contributed by atoms with van der Waals surface area (Å²) in [6.07, 6.45) is 2.20. The van der Waals surface area contributed by atoms with Gasteiger partial charge in [-0.2, -0.15) is 0 Å². The van der Waals surface area contributed by atoms with Gasteiger partial charge < -0.3 is 5.73 Å². The van der Waals surface area contributed by atoms with Crippen LogP contribution in [0.4, 0.5) is 4.39 Å². The zero-order valence-corrected chi connectivity index (χ0v) is 10.3. The lowest BCUT2D eigenvalue weighted by atomic mass is 9.79. The molecule has 2 N–H and O–H groups in total. The van der Waals surface area contributed by atoms with Crippen LogP contribution in [0.1, 0.15) is 50.7 Å². The van der Waals surface area contributed by atoms with Crippen LogP contribution in [0.25, 0.3) is 0 Å². The number of hydrogen-bond acceptors (Lipinski definition) is 1. The third-order valence-electron chi connectivity index (χ3n) is 3.82. The van der Waals surface area contributed by atoms with E-state index in [1.807, 2.05) is 13.0 Å². The van der Waals surface area contributed by atoms with Gasteiger partial charge >= 0.3 is 0 Å². The Morgan fingerprint density at radius 3 is 2.50 bits per heavy atom. The van der Waals surface area contributed by atoms with E-state index in [4.69, 9.17) is 5.73 Å². The maximum Gasteiger partial charge on any atom is 0.127 e. The van der Waals surface area contributed by atoms with Gasteiger partial charge in [0, 0.05) is 5.54 Å². The maximum atomic E-state index is 13.9. The van der Waals surface area contributed by atoms with Gasteiger partial charge in [-0.25, -0.2) is 4.39 Å². The predicted octanol–water partition coefficient (Wildman–Crippen LogP) is 3.53. The summed E-state index contributed by atoms with van der Waals surface area (Å²) in [5, 5.41) is 0. The fourth-order valence-electron chi connectivity index (χ4n) is 2.10. The van der Waals surface area contributed by atoms with E-state index < -0.39 is 5.54 Å². The van der Waals surface area contributed by atoms with E-state index in [2.05, 4.69) is 13.8 Å². The van der Waals surface area contributed by atoms with Gasteiger partial charge in [0.2, 0.25) is 0 Å². The van der Waals surface area contributed by atoms with Crippen molar-refractivity contribution < 1.29 is 4.39 Å². The minimum atomic E-state index is -0.444. The summed E-state index contributed by atoms with van der Waals surface area (Å²) in [6.45, 7) is 6.17. The van der Waals surface area contributed by atoms with Crippen LogP contribution < -0.4 is 5.73 Å². The van der Waals surface area contributed by atoms with E-state index in [0.717, 1.165) is 24.0 Å². The first-order chi connectivity index (χ1) is 7.44. The Bertz CT molecular complexity index is 392. The second-order valence-corrected chi connectivity index (χ2v) is 5.41. The summed E-state index contributed by atoms with van der Waals surface area (Å²) in [7, 11) is 0. The Kier molecular flexibility index (Phi) is 2.79. The molecule has 0 radical (unpaired) electrons. The molecule has 2 heteroatoms. The van der Waals surface area contributed by atoms with Crippen molar-refractivity contribution in [3.63, 3.8) is 0 Å². The smallest absolute Gasteiger partial charge is 0.127 e. The Labute approximate surface area is 96.9 Å². The highest BCUT2D eigenvalue weighted by Crippen LogP contribution is 2.45. The van der Waals surface area contributed by atoms with E-state index in [-0.39, 0.29) is 5.82 Å². The van der Waals surface area contributed by atoms with Crippen molar-refractivity contribution in [1.82, 2.24) is 0 Å². The summed E-state index contributed by atoms with van der Waals surface area (Å²) in [5.74, 6) is 0.613. The van der Waals surface area contributed by atoms with E-state index >= 15 is 0 Å². The molecule has 0 amide bonds. The van der Waals surface area contributed by atoms with Crippen molar-refractivity contribution in [3.8, 4) is 0 Å². The van der Waals surface area contributed by atoms with Gasteiger partial charge in [0.15, 0.2) is 0 Å². The average Bonchev–Trinajstić information content (AvgIpc) is 3.00. The lowest BCUT2D eigenvalue weighted by Gasteiger charge is -2.32. The second-order valence-electron chi connectivity index (χ2n) is 5.41. The highest BCUT2D eigenvalue weighted by atomic mass is 19.1. The first kappa shape index (κ1) is 11.6. The van der Waals surface area contributed by atoms with Crippen molar-refractivity contribution in [2.75, 3.05) is 0 Å². The molecule has 1 unspecified atom stereocenters. The molecule has 0 heterocycles. The number of nitrogens with two attached hydrogens (primary N) is 1. The lowest BCUT2D eigenvalue weighted by Crippen LogP contribution is -2.39. The normalized spacial score (nSPS) is 19.9. The summed E-state index contributed by atoms with van der Waals surface area (Å²) >= 11 is 0. The van der Waals surface area contributed by atoms with Crippen molar-refractivity contribution in [2.45, 2.75) is 45.1 Å². The van der Waals surface area contributed by atoms with Crippen LogP contribution in [0.3, 0.4) is 0 Å². The van der Waals surface area contributed by atoms with E-state index in [1.54, 1.807) is 12.1 Å². The van der Waals surface area contributed by atoms with E-state index in [1.165, 1.54) is 0 Å². The molecule has 1 aliphatic carbocycles. The molecule has 1 nitrogen and oxygen atoms in total. The highest BCUT2D eigenvalue weighted by Gasteiger charge is 2.35. The molecule has 0 aromatic heterocycles. The van der Waals surface area contributed by atoms with Gasteiger partial charge in [-0.1, -0.05) is 26.0 Å². The molecule has 1 fully saturated rings. The Morgan fingerprint density at radius 2 is 2.00 bits per heavy atom. The fraction of sp³-hybridized carbons (Fsp3) is 0.571. The summed E-state index contributed by atoms with van der Waals surface area (Å²) in [5.41, 5.74) is 7.76. The largest absolute Gasteiger partial charge is 0.321 e. The minimum Gasteiger partial charge on any atom is -0.321 e. The topological polar surface area (TPSA) is 26.0 Å². The molecular weight excluding hydrogens is 201 g/mol. The summed E-state index contributed by atoms with van der Waals surface area (Å²) in [4.78, 5) is 0. The zero-order chi connectivity index (χ0) is 11.9. The predicted molar refractivity (Wildman–Crippen MR) is 64.8 cm³/mol. The standard InChI is InChI=1S/C14H20FN/c1-9(2)14(3,16)11-5-4-6-12(15)13(11)10-7-8-10/h4-6,9-10H,7-8,16H2,1-3H3. The van der Waals surface area contributed by atoms with Crippen LogP contribution in [-0.4, -0.2) is 0 Å². The average molecular weight is 221 g/mol. The molecule has 0 saturated heterocycles.